The van der Waals surface area contributed by atoms with Gasteiger partial charge in [0.2, 0.25) is 0 Å². The van der Waals surface area contributed by atoms with E-state index in [0.29, 0.717) is 24.3 Å². The predicted molar refractivity (Wildman–Crippen MR) is 80.6 cm³/mol. The monoisotopic (exact) mass is 275 g/mol. The molecule has 5 nitrogen and oxygen atoms in total. The Labute approximate surface area is 118 Å². The molecule has 0 aliphatic heterocycles. The number of carbonyl (C=O) groups excluding carboxylic acids is 1. The summed E-state index contributed by atoms with van der Waals surface area (Å²) in [5.41, 5.74) is 7.87. The number of nitrogens with zero attached hydrogens (tertiary/aromatic N) is 1. The average Bonchev–Trinajstić information content (AvgIpc) is 2.81. The van der Waals surface area contributed by atoms with Crippen LogP contribution in [0.3, 0.4) is 0 Å². The molecular formula is C15H21N3O2. The number of carbonyl (C=O) groups is 1. The van der Waals surface area contributed by atoms with Crippen molar-refractivity contribution >= 4 is 22.5 Å². The Hall–Kier alpha value is -2.01. The van der Waals surface area contributed by atoms with Crippen LogP contribution in [0.1, 0.15) is 30.8 Å². The molecule has 0 radical (unpaired) electrons. The summed E-state index contributed by atoms with van der Waals surface area (Å²) in [5.74, 6) is -0.0526. The van der Waals surface area contributed by atoms with Gasteiger partial charge in [0.1, 0.15) is 5.69 Å². The number of rotatable bonds is 5. The highest BCUT2D eigenvalue weighted by atomic mass is 16.3. The van der Waals surface area contributed by atoms with Crippen LogP contribution in [0.25, 0.3) is 10.9 Å². The highest BCUT2D eigenvalue weighted by Gasteiger charge is 2.20. The number of aliphatic hydroxyl groups is 1. The van der Waals surface area contributed by atoms with E-state index in [0.717, 1.165) is 10.9 Å². The van der Waals surface area contributed by atoms with Crippen molar-refractivity contribution in [2.75, 3.05) is 18.9 Å². The summed E-state index contributed by atoms with van der Waals surface area (Å²) < 4.78 is 0. The third-order valence-electron chi connectivity index (χ3n) is 3.32. The van der Waals surface area contributed by atoms with E-state index in [1.54, 1.807) is 11.0 Å². The number of nitrogen functional groups attached to an aromatic ring is 1. The van der Waals surface area contributed by atoms with E-state index in [1.165, 1.54) is 0 Å². The number of hydrogen-bond acceptors (Lipinski definition) is 3. The molecule has 0 atom stereocenters. The molecule has 0 bridgehead atoms. The van der Waals surface area contributed by atoms with E-state index in [1.807, 2.05) is 32.0 Å². The van der Waals surface area contributed by atoms with Gasteiger partial charge in [0.15, 0.2) is 0 Å². The molecule has 2 aromatic rings. The van der Waals surface area contributed by atoms with Gasteiger partial charge in [-0.05, 0) is 44.5 Å². The van der Waals surface area contributed by atoms with Crippen molar-refractivity contribution < 1.29 is 9.90 Å². The standard InChI is InChI=1S/C15H21N3O2/c1-10(2)18(6-3-7-19)15(20)14-9-11-8-12(16)4-5-13(11)17-14/h4-5,8-10,17,19H,3,6-7,16H2,1-2H3. The Kier molecular flexibility index (Phi) is 4.29. The van der Waals surface area contributed by atoms with Crippen molar-refractivity contribution in [3.8, 4) is 0 Å². The van der Waals surface area contributed by atoms with Crippen LogP contribution in [0.2, 0.25) is 0 Å². The predicted octanol–water partition coefficient (Wildman–Crippen LogP) is 1.98. The van der Waals surface area contributed by atoms with Gasteiger partial charge in [-0.15, -0.1) is 0 Å². The summed E-state index contributed by atoms with van der Waals surface area (Å²) in [7, 11) is 0. The van der Waals surface area contributed by atoms with Gasteiger partial charge in [0.25, 0.3) is 5.91 Å². The highest BCUT2D eigenvalue weighted by Crippen LogP contribution is 2.20. The van der Waals surface area contributed by atoms with Gasteiger partial charge in [-0.1, -0.05) is 0 Å². The first-order valence-corrected chi connectivity index (χ1v) is 6.83. The first-order chi connectivity index (χ1) is 9.52. The lowest BCUT2D eigenvalue weighted by atomic mass is 10.2. The topological polar surface area (TPSA) is 82.3 Å². The minimum absolute atomic E-state index is 0.0526. The lowest BCUT2D eigenvalue weighted by Crippen LogP contribution is -2.38. The minimum atomic E-state index is -0.0526. The van der Waals surface area contributed by atoms with Crippen molar-refractivity contribution in [1.82, 2.24) is 9.88 Å². The molecule has 2 rings (SSSR count). The van der Waals surface area contributed by atoms with Crippen molar-refractivity contribution in [2.45, 2.75) is 26.3 Å². The molecule has 1 amide bonds. The maximum absolute atomic E-state index is 12.5. The molecule has 1 heterocycles. The van der Waals surface area contributed by atoms with Crippen LogP contribution in [0.4, 0.5) is 5.69 Å². The maximum Gasteiger partial charge on any atom is 0.270 e. The zero-order valence-corrected chi connectivity index (χ0v) is 11.9. The normalized spacial score (nSPS) is 11.2. The lowest BCUT2D eigenvalue weighted by Gasteiger charge is -2.26. The highest BCUT2D eigenvalue weighted by molar-refractivity contribution is 5.98. The van der Waals surface area contributed by atoms with E-state index in [-0.39, 0.29) is 18.6 Å². The number of benzene rings is 1. The zero-order valence-electron chi connectivity index (χ0n) is 11.9. The molecule has 1 aromatic heterocycles. The summed E-state index contributed by atoms with van der Waals surface area (Å²) in [6, 6.07) is 7.43. The molecule has 1 aromatic carbocycles. The maximum atomic E-state index is 12.5. The number of H-pyrrole nitrogens is 1. The van der Waals surface area contributed by atoms with E-state index in [4.69, 9.17) is 10.8 Å². The van der Waals surface area contributed by atoms with E-state index < -0.39 is 0 Å². The fraction of sp³-hybridized carbons (Fsp3) is 0.400. The molecule has 0 saturated carbocycles. The van der Waals surface area contributed by atoms with Crippen molar-refractivity contribution in [3.05, 3.63) is 30.0 Å². The van der Waals surface area contributed by atoms with Crippen LogP contribution in [0.15, 0.2) is 24.3 Å². The molecule has 0 aliphatic carbocycles. The van der Waals surface area contributed by atoms with Crippen LogP contribution in [0.5, 0.6) is 0 Å². The van der Waals surface area contributed by atoms with Crippen LogP contribution in [-0.2, 0) is 0 Å². The number of fused-ring (bicyclic) bond motifs is 1. The number of nitrogens with one attached hydrogen (secondary N) is 1. The first kappa shape index (κ1) is 14.4. The number of aromatic amines is 1. The largest absolute Gasteiger partial charge is 0.399 e. The fourth-order valence-corrected chi connectivity index (χ4v) is 2.26. The smallest absolute Gasteiger partial charge is 0.270 e. The Morgan fingerprint density at radius 3 is 2.80 bits per heavy atom. The number of aliphatic hydroxyl groups excluding tert-OH is 1. The van der Waals surface area contributed by atoms with Crippen LogP contribution in [0, 0.1) is 0 Å². The molecule has 0 fully saturated rings. The fourth-order valence-electron chi connectivity index (χ4n) is 2.26. The van der Waals surface area contributed by atoms with E-state index in [9.17, 15) is 4.79 Å². The average molecular weight is 275 g/mol. The van der Waals surface area contributed by atoms with E-state index in [2.05, 4.69) is 4.98 Å². The Morgan fingerprint density at radius 1 is 1.40 bits per heavy atom. The second kappa shape index (κ2) is 5.96. The summed E-state index contributed by atoms with van der Waals surface area (Å²) in [5, 5.41) is 9.86. The molecular weight excluding hydrogens is 254 g/mol. The van der Waals surface area contributed by atoms with Crippen LogP contribution >= 0.6 is 0 Å². The number of amides is 1. The van der Waals surface area contributed by atoms with Crippen LogP contribution in [-0.4, -0.2) is 40.1 Å². The number of anilines is 1. The molecule has 0 unspecified atom stereocenters. The molecule has 4 N–H and O–H groups in total. The second-order valence-corrected chi connectivity index (χ2v) is 5.20. The second-order valence-electron chi connectivity index (χ2n) is 5.20. The van der Waals surface area contributed by atoms with Gasteiger partial charge < -0.3 is 20.7 Å². The van der Waals surface area contributed by atoms with Gasteiger partial charge in [0.05, 0.1) is 0 Å². The SMILES string of the molecule is CC(C)N(CCCO)C(=O)c1cc2cc(N)ccc2[nH]1. The Balaban J connectivity index is 2.28. The third-order valence-corrected chi connectivity index (χ3v) is 3.32. The van der Waals surface area contributed by atoms with Crippen molar-refractivity contribution in [2.24, 2.45) is 0 Å². The molecule has 0 aliphatic rings. The summed E-state index contributed by atoms with van der Waals surface area (Å²) in [6.07, 6.45) is 0.580. The molecule has 108 valence electrons. The molecule has 0 saturated heterocycles. The lowest BCUT2D eigenvalue weighted by molar-refractivity contribution is 0.0688. The van der Waals surface area contributed by atoms with Gasteiger partial charge >= 0.3 is 0 Å². The van der Waals surface area contributed by atoms with E-state index >= 15 is 0 Å². The number of aromatic nitrogens is 1. The van der Waals surface area contributed by atoms with Gasteiger partial charge in [0, 0.05) is 35.8 Å². The number of nitrogens with two attached hydrogens (primary N) is 1. The summed E-state index contributed by atoms with van der Waals surface area (Å²) in [6.45, 7) is 4.57. The molecule has 5 heteroatoms. The molecule has 20 heavy (non-hydrogen) atoms. The quantitative estimate of drug-likeness (QED) is 0.730. The first-order valence-electron chi connectivity index (χ1n) is 6.83. The Morgan fingerprint density at radius 2 is 2.15 bits per heavy atom. The van der Waals surface area contributed by atoms with Crippen molar-refractivity contribution in [1.29, 1.82) is 0 Å². The zero-order chi connectivity index (χ0) is 14.7. The van der Waals surface area contributed by atoms with Gasteiger partial charge in [-0.2, -0.15) is 0 Å². The summed E-state index contributed by atoms with van der Waals surface area (Å²) in [4.78, 5) is 17.4. The van der Waals surface area contributed by atoms with Gasteiger partial charge in [-0.3, -0.25) is 4.79 Å². The van der Waals surface area contributed by atoms with Crippen molar-refractivity contribution in [3.63, 3.8) is 0 Å². The van der Waals surface area contributed by atoms with Crippen LogP contribution < -0.4 is 5.73 Å². The molecule has 0 spiro atoms. The minimum Gasteiger partial charge on any atom is -0.399 e. The van der Waals surface area contributed by atoms with Gasteiger partial charge in [-0.25, -0.2) is 0 Å². The summed E-state index contributed by atoms with van der Waals surface area (Å²) >= 11 is 0. The number of hydrogen-bond donors (Lipinski definition) is 3. The third kappa shape index (κ3) is 2.93. The Bertz CT molecular complexity index is 604.